The first kappa shape index (κ1) is 32.7. The number of ether oxygens (including phenoxy) is 2. The lowest BCUT2D eigenvalue weighted by Crippen LogP contribution is -2.28. The summed E-state index contributed by atoms with van der Waals surface area (Å²) in [7, 11) is 1.68. The molecule has 0 aromatic carbocycles. The van der Waals surface area contributed by atoms with E-state index >= 15 is 0 Å². The van der Waals surface area contributed by atoms with Crippen LogP contribution in [-0.2, 0) is 34.0 Å². The molecule has 0 bridgehead atoms. The minimum Gasteiger partial charge on any atom is -0.481 e. The molecule has 15 heteroatoms. The zero-order valence-electron chi connectivity index (χ0n) is 20.6. The van der Waals surface area contributed by atoms with Crippen LogP contribution in [0.3, 0.4) is 0 Å². The Morgan fingerprint density at radius 1 is 1.05 bits per heavy atom. The molecule has 1 atom stereocenters. The van der Waals surface area contributed by atoms with Crippen LogP contribution < -0.4 is 4.74 Å². The molecule has 0 saturated carbocycles. The predicted octanol–water partition coefficient (Wildman–Crippen LogP) is 4.22. The van der Waals surface area contributed by atoms with Crippen molar-refractivity contribution in [2.45, 2.75) is 45.3 Å². The molecule has 0 amide bonds. The quantitative estimate of drug-likeness (QED) is 0.385. The van der Waals surface area contributed by atoms with Gasteiger partial charge >= 0.3 is 24.3 Å². The molecule has 1 aliphatic rings. The number of carboxylic acids is 2. The first-order valence-electron chi connectivity index (χ1n) is 11.2. The first-order valence-corrected chi connectivity index (χ1v) is 11.2. The Hall–Kier alpha value is -3.33. The molecule has 0 aliphatic carbocycles. The second-order valence-electron chi connectivity index (χ2n) is 7.95. The number of hydrogen-bond acceptors (Lipinski definition) is 6. The predicted molar refractivity (Wildman–Crippen MR) is 121 cm³/mol. The van der Waals surface area contributed by atoms with Gasteiger partial charge in [0.05, 0.1) is 7.11 Å². The number of aromatic nitrogens is 2. The van der Waals surface area contributed by atoms with Gasteiger partial charge in [-0.1, -0.05) is 6.07 Å². The maximum atomic E-state index is 10.6. The summed E-state index contributed by atoms with van der Waals surface area (Å²) in [5.74, 6) is -4.20. The number of carboxylic acid groups (broad SMARTS) is 2. The Morgan fingerprint density at radius 2 is 1.66 bits per heavy atom. The van der Waals surface area contributed by atoms with E-state index in [2.05, 4.69) is 45.8 Å². The second kappa shape index (κ2) is 15.2. The van der Waals surface area contributed by atoms with Crippen molar-refractivity contribution >= 4 is 11.9 Å². The molecular weight excluding hydrogens is 528 g/mol. The van der Waals surface area contributed by atoms with Gasteiger partial charge in [-0.15, -0.1) is 0 Å². The smallest absolute Gasteiger partial charge is 0.481 e. The van der Waals surface area contributed by atoms with Gasteiger partial charge < -0.3 is 24.3 Å². The lowest BCUT2D eigenvalue weighted by Gasteiger charge is -2.24. The molecule has 214 valence electrons. The van der Waals surface area contributed by atoms with E-state index in [-0.39, 0.29) is 0 Å². The fourth-order valence-corrected chi connectivity index (χ4v) is 3.43. The molecule has 0 saturated heterocycles. The number of carbonyl (C=O) groups is 2. The summed E-state index contributed by atoms with van der Waals surface area (Å²) in [6.07, 6.45) is -5.11. The van der Waals surface area contributed by atoms with Crippen LogP contribution in [0.4, 0.5) is 26.3 Å². The summed E-state index contributed by atoms with van der Waals surface area (Å²) in [5.41, 5.74) is 2.51. The van der Waals surface area contributed by atoms with Crippen LogP contribution in [0.5, 0.6) is 5.88 Å². The molecule has 1 unspecified atom stereocenters. The Balaban J connectivity index is 0.000000426. The third-order valence-corrected chi connectivity index (χ3v) is 5.08. The molecule has 3 rings (SSSR count). The SMILES string of the molecule is CCOCCC1CN(Cc2cccnc2OC)Cc2cccn2C1.O=C(O)C(F)(F)F.O=C(O)C(F)(F)F. The molecule has 38 heavy (non-hydrogen) atoms. The molecule has 9 nitrogen and oxygen atoms in total. The van der Waals surface area contributed by atoms with Gasteiger partial charge in [0.15, 0.2) is 0 Å². The zero-order valence-corrected chi connectivity index (χ0v) is 20.6. The number of pyridine rings is 1. The molecule has 0 spiro atoms. The van der Waals surface area contributed by atoms with E-state index in [1.807, 2.05) is 6.07 Å². The standard InChI is InChI=1S/C19H27N3O2.2C2HF3O2/c1-3-24-11-8-16-12-21(15-18-7-5-10-22(18)13-16)14-17-6-4-9-20-19(17)23-2;2*3-2(4,5)1(6)7/h4-7,9-10,16H,3,8,11-15H2,1-2H3;2*(H,6,7). The van der Waals surface area contributed by atoms with E-state index in [9.17, 15) is 26.3 Å². The molecule has 1 aliphatic heterocycles. The van der Waals surface area contributed by atoms with Gasteiger partial charge in [0.1, 0.15) is 0 Å². The van der Waals surface area contributed by atoms with E-state index in [0.29, 0.717) is 5.92 Å². The van der Waals surface area contributed by atoms with Gasteiger partial charge in [-0.2, -0.15) is 26.3 Å². The van der Waals surface area contributed by atoms with Crippen molar-refractivity contribution in [1.82, 2.24) is 14.5 Å². The third kappa shape index (κ3) is 11.8. The number of alkyl halides is 6. The maximum Gasteiger partial charge on any atom is 0.490 e. The minimum absolute atomic E-state index is 0.591. The Morgan fingerprint density at radius 3 is 2.18 bits per heavy atom. The van der Waals surface area contributed by atoms with Gasteiger partial charge in [-0.3, -0.25) is 4.90 Å². The Labute approximate surface area is 214 Å². The maximum absolute atomic E-state index is 10.6. The fraction of sp³-hybridized carbons (Fsp3) is 0.522. The summed E-state index contributed by atoms with van der Waals surface area (Å²) < 4.78 is 76.9. The van der Waals surface area contributed by atoms with Crippen LogP contribution in [0, 0.1) is 5.92 Å². The van der Waals surface area contributed by atoms with Crippen molar-refractivity contribution in [2.75, 3.05) is 26.9 Å². The first-order chi connectivity index (χ1) is 17.7. The number of halogens is 6. The van der Waals surface area contributed by atoms with Crippen molar-refractivity contribution in [3.63, 3.8) is 0 Å². The summed E-state index contributed by atoms with van der Waals surface area (Å²) >= 11 is 0. The van der Waals surface area contributed by atoms with E-state index in [1.165, 1.54) is 5.69 Å². The number of aliphatic carboxylic acids is 2. The lowest BCUT2D eigenvalue weighted by atomic mass is 10.1. The average molecular weight is 557 g/mol. The molecule has 2 N–H and O–H groups in total. The van der Waals surface area contributed by atoms with Crippen molar-refractivity contribution in [2.24, 2.45) is 5.92 Å². The molecule has 0 radical (unpaired) electrons. The molecule has 2 aromatic heterocycles. The van der Waals surface area contributed by atoms with Crippen molar-refractivity contribution in [3.05, 3.63) is 47.9 Å². The van der Waals surface area contributed by atoms with Crippen LogP contribution in [0.1, 0.15) is 24.6 Å². The largest absolute Gasteiger partial charge is 0.490 e. The van der Waals surface area contributed by atoms with Gasteiger partial charge in [-0.25, -0.2) is 14.6 Å². The van der Waals surface area contributed by atoms with Crippen LogP contribution in [-0.4, -0.2) is 75.8 Å². The van der Waals surface area contributed by atoms with E-state index in [1.54, 1.807) is 13.3 Å². The lowest BCUT2D eigenvalue weighted by molar-refractivity contribution is -0.193. The van der Waals surface area contributed by atoms with Gasteiger partial charge in [0.2, 0.25) is 5.88 Å². The Bertz CT molecular complexity index is 988. The van der Waals surface area contributed by atoms with E-state index in [0.717, 1.165) is 57.3 Å². The highest BCUT2D eigenvalue weighted by atomic mass is 19.4. The van der Waals surface area contributed by atoms with Crippen LogP contribution in [0.2, 0.25) is 0 Å². The number of rotatable bonds is 7. The number of fused-ring (bicyclic) bond motifs is 1. The van der Waals surface area contributed by atoms with Crippen LogP contribution in [0.15, 0.2) is 36.7 Å². The monoisotopic (exact) mass is 557 g/mol. The minimum atomic E-state index is -5.08. The van der Waals surface area contributed by atoms with Gasteiger partial charge in [-0.05, 0) is 37.5 Å². The summed E-state index contributed by atoms with van der Waals surface area (Å²) in [5, 5.41) is 14.2. The summed E-state index contributed by atoms with van der Waals surface area (Å²) in [4.78, 5) is 24.6. The van der Waals surface area contributed by atoms with E-state index < -0.39 is 24.3 Å². The Kier molecular flexibility index (Phi) is 13.1. The molecule has 0 fully saturated rings. The summed E-state index contributed by atoms with van der Waals surface area (Å²) in [6.45, 7) is 7.62. The molecule has 2 aromatic rings. The van der Waals surface area contributed by atoms with Crippen LogP contribution >= 0.6 is 0 Å². The number of hydrogen-bond donors (Lipinski definition) is 2. The van der Waals surface area contributed by atoms with Crippen LogP contribution in [0.25, 0.3) is 0 Å². The van der Waals surface area contributed by atoms with E-state index in [4.69, 9.17) is 29.3 Å². The van der Waals surface area contributed by atoms with Gasteiger partial charge in [0.25, 0.3) is 0 Å². The van der Waals surface area contributed by atoms with Crippen molar-refractivity contribution < 1.29 is 55.6 Å². The van der Waals surface area contributed by atoms with Crippen molar-refractivity contribution in [3.8, 4) is 5.88 Å². The normalized spacial score (nSPS) is 15.6. The topological polar surface area (TPSA) is 114 Å². The summed E-state index contributed by atoms with van der Waals surface area (Å²) in [6, 6.07) is 8.44. The van der Waals surface area contributed by atoms with Crippen molar-refractivity contribution in [1.29, 1.82) is 0 Å². The zero-order chi connectivity index (χ0) is 28.9. The number of nitrogens with zero attached hydrogens (tertiary/aromatic N) is 3. The highest BCUT2D eigenvalue weighted by Gasteiger charge is 2.38. The fourth-order valence-electron chi connectivity index (χ4n) is 3.43. The highest BCUT2D eigenvalue weighted by Crippen LogP contribution is 2.23. The third-order valence-electron chi connectivity index (χ3n) is 5.08. The molecular formula is C23H29F6N3O6. The molecule has 3 heterocycles. The second-order valence-corrected chi connectivity index (χ2v) is 7.95. The van der Waals surface area contributed by atoms with Gasteiger partial charge in [0, 0.05) is 63.0 Å². The highest BCUT2D eigenvalue weighted by molar-refractivity contribution is 5.73. The number of methoxy groups -OCH3 is 1. The average Bonchev–Trinajstić information content (AvgIpc) is 3.18.